The number of dihydropyridines is 1. The first-order valence-electron chi connectivity index (χ1n) is 11.5. The van der Waals surface area contributed by atoms with Gasteiger partial charge in [0.05, 0.1) is 5.69 Å². The number of hydrogen-bond donors (Lipinski definition) is 2. The Labute approximate surface area is 208 Å². The maximum Gasteiger partial charge on any atom is 0.254 e. The largest absolute Gasteiger partial charge is 0.362 e. The molecule has 1 amide bonds. The third kappa shape index (κ3) is 4.52. The third-order valence-corrected chi connectivity index (χ3v) is 6.88. The van der Waals surface area contributed by atoms with Crippen molar-refractivity contribution in [3.8, 4) is 0 Å². The molecule has 0 bridgehead atoms. The molecule has 0 aromatic heterocycles. The molecule has 4 nitrogen and oxygen atoms in total. The zero-order chi connectivity index (χ0) is 24.5. The van der Waals surface area contributed by atoms with Gasteiger partial charge in [-0.25, -0.2) is 4.39 Å². The number of carbonyl (C=O) groups is 2. The van der Waals surface area contributed by atoms with Gasteiger partial charge in [0.1, 0.15) is 5.82 Å². The fraction of sp³-hybridized carbons (Fsp3) is 0.172. The van der Waals surface area contributed by atoms with Gasteiger partial charge < -0.3 is 10.6 Å². The van der Waals surface area contributed by atoms with Crippen LogP contribution in [0.15, 0.2) is 101 Å². The summed E-state index contributed by atoms with van der Waals surface area (Å²) in [6.45, 7) is 1.81. The normalized spacial score (nSPS) is 19.8. The minimum Gasteiger partial charge on any atom is -0.362 e. The molecule has 3 aromatic rings. The SMILES string of the molecule is CC1=C(C(=O)Nc2ccccc2F)C(c2cccc(Cl)c2)C2=C(CC(c3ccccc3)CC2=O)N1. The van der Waals surface area contributed by atoms with E-state index in [1.165, 1.54) is 12.1 Å². The Bertz CT molecular complexity index is 1380. The number of anilines is 1. The van der Waals surface area contributed by atoms with Crippen molar-refractivity contribution in [3.63, 3.8) is 0 Å². The van der Waals surface area contributed by atoms with Gasteiger partial charge >= 0.3 is 0 Å². The van der Waals surface area contributed by atoms with Crippen molar-refractivity contribution >= 4 is 29.0 Å². The molecule has 0 spiro atoms. The monoisotopic (exact) mass is 486 g/mol. The predicted octanol–water partition coefficient (Wildman–Crippen LogP) is 6.48. The molecule has 0 saturated carbocycles. The summed E-state index contributed by atoms with van der Waals surface area (Å²) in [7, 11) is 0. The lowest BCUT2D eigenvalue weighted by Crippen LogP contribution is -2.37. The lowest BCUT2D eigenvalue weighted by molar-refractivity contribution is -0.116. The molecule has 1 heterocycles. The molecule has 5 rings (SSSR count). The number of Topliss-reactive ketones (excluding diaryl/α,β-unsaturated/α-hetero) is 1. The number of carbonyl (C=O) groups excluding carboxylic acids is 2. The number of ketones is 1. The molecule has 2 aliphatic rings. The van der Waals surface area contributed by atoms with Gasteiger partial charge in [-0.15, -0.1) is 0 Å². The molecule has 1 aliphatic carbocycles. The second-order valence-electron chi connectivity index (χ2n) is 8.92. The Morgan fingerprint density at radius 2 is 1.69 bits per heavy atom. The van der Waals surface area contributed by atoms with Crippen LogP contribution in [-0.2, 0) is 9.59 Å². The van der Waals surface area contributed by atoms with Crippen LogP contribution < -0.4 is 10.6 Å². The second kappa shape index (κ2) is 9.51. The summed E-state index contributed by atoms with van der Waals surface area (Å²) in [6.07, 6.45) is 1.00. The first kappa shape index (κ1) is 23.1. The molecule has 0 fully saturated rings. The Kier molecular flexibility index (Phi) is 6.27. The number of nitrogens with one attached hydrogen (secondary N) is 2. The van der Waals surface area contributed by atoms with E-state index in [4.69, 9.17) is 11.6 Å². The van der Waals surface area contributed by atoms with Gasteiger partial charge in [0.25, 0.3) is 5.91 Å². The summed E-state index contributed by atoms with van der Waals surface area (Å²) >= 11 is 6.31. The van der Waals surface area contributed by atoms with Crippen LogP contribution in [0.5, 0.6) is 0 Å². The quantitative estimate of drug-likeness (QED) is 0.443. The summed E-state index contributed by atoms with van der Waals surface area (Å²) in [6, 6.07) is 23.2. The molecular weight excluding hydrogens is 463 g/mol. The summed E-state index contributed by atoms with van der Waals surface area (Å²) in [4.78, 5) is 27.1. The van der Waals surface area contributed by atoms with Crippen molar-refractivity contribution in [3.05, 3.63) is 123 Å². The van der Waals surface area contributed by atoms with Crippen LogP contribution in [0.4, 0.5) is 10.1 Å². The molecule has 2 N–H and O–H groups in total. The van der Waals surface area contributed by atoms with Crippen molar-refractivity contribution in [1.82, 2.24) is 5.32 Å². The number of hydrogen-bond acceptors (Lipinski definition) is 3. The molecule has 0 saturated heterocycles. The van der Waals surface area contributed by atoms with Crippen molar-refractivity contribution in [2.24, 2.45) is 0 Å². The number of benzene rings is 3. The summed E-state index contributed by atoms with van der Waals surface area (Å²) < 4.78 is 14.3. The van der Waals surface area contributed by atoms with Gasteiger partial charge in [0.2, 0.25) is 0 Å². The Balaban J connectivity index is 1.58. The van der Waals surface area contributed by atoms with E-state index in [0.29, 0.717) is 34.7 Å². The minimum absolute atomic E-state index is 0.0127. The van der Waals surface area contributed by atoms with Crippen molar-refractivity contribution in [2.75, 3.05) is 5.32 Å². The van der Waals surface area contributed by atoms with E-state index in [2.05, 4.69) is 10.6 Å². The van der Waals surface area contributed by atoms with Crippen molar-refractivity contribution in [2.45, 2.75) is 31.6 Å². The molecule has 2 atom stereocenters. The maximum absolute atomic E-state index is 14.3. The van der Waals surface area contributed by atoms with Crippen LogP contribution in [0.25, 0.3) is 0 Å². The van der Waals surface area contributed by atoms with E-state index in [0.717, 1.165) is 16.8 Å². The van der Waals surface area contributed by atoms with E-state index < -0.39 is 17.6 Å². The molecule has 6 heteroatoms. The Morgan fingerprint density at radius 1 is 0.971 bits per heavy atom. The van der Waals surface area contributed by atoms with Gasteiger partial charge in [-0.3, -0.25) is 9.59 Å². The Morgan fingerprint density at radius 3 is 2.43 bits per heavy atom. The maximum atomic E-state index is 14.3. The van der Waals surface area contributed by atoms with Gasteiger partial charge in [-0.05, 0) is 54.7 Å². The zero-order valence-electron chi connectivity index (χ0n) is 19.1. The van der Waals surface area contributed by atoms with Gasteiger partial charge in [-0.2, -0.15) is 0 Å². The van der Waals surface area contributed by atoms with Gasteiger partial charge in [0.15, 0.2) is 5.78 Å². The first-order chi connectivity index (χ1) is 16.9. The van der Waals surface area contributed by atoms with E-state index in [9.17, 15) is 14.0 Å². The number of halogens is 2. The number of rotatable bonds is 4. The molecule has 2 unspecified atom stereocenters. The zero-order valence-corrected chi connectivity index (χ0v) is 19.9. The lowest BCUT2D eigenvalue weighted by atomic mass is 9.71. The summed E-state index contributed by atoms with van der Waals surface area (Å²) in [5, 5.41) is 6.55. The van der Waals surface area contributed by atoms with E-state index in [-0.39, 0.29) is 17.4 Å². The molecule has 35 heavy (non-hydrogen) atoms. The van der Waals surface area contributed by atoms with Crippen LogP contribution in [0.1, 0.15) is 42.7 Å². The van der Waals surface area contributed by atoms with Crippen LogP contribution in [0, 0.1) is 5.82 Å². The molecule has 0 radical (unpaired) electrons. The van der Waals surface area contributed by atoms with Crippen LogP contribution in [0.2, 0.25) is 5.02 Å². The summed E-state index contributed by atoms with van der Waals surface area (Å²) in [5.74, 6) is -1.56. The molecule has 1 aliphatic heterocycles. The third-order valence-electron chi connectivity index (χ3n) is 6.65. The van der Waals surface area contributed by atoms with Crippen molar-refractivity contribution in [1.29, 1.82) is 0 Å². The van der Waals surface area contributed by atoms with Crippen LogP contribution in [0.3, 0.4) is 0 Å². The summed E-state index contributed by atoms with van der Waals surface area (Å²) in [5.41, 5.74) is 4.34. The standard InChI is InChI=1S/C29H24ClFN2O2/c1-17-26(29(35)33-23-13-6-5-12-22(23)31)27(19-10-7-11-21(30)14-19)28-24(32-17)15-20(16-25(28)34)18-8-3-2-4-9-18/h2-14,20,27,32H,15-16H2,1H3,(H,33,35). The Hall–Kier alpha value is -3.70. The number of para-hydroxylation sites is 1. The van der Waals surface area contributed by atoms with E-state index >= 15 is 0 Å². The highest BCUT2D eigenvalue weighted by atomic mass is 35.5. The van der Waals surface area contributed by atoms with Gasteiger partial charge in [0, 0.05) is 39.9 Å². The smallest absolute Gasteiger partial charge is 0.254 e. The lowest BCUT2D eigenvalue weighted by Gasteiger charge is -2.37. The minimum atomic E-state index is -0.610. The fourth-order valence-corrected chi connectivity index (χ4v) is 5.27. The van der Waals surface area contributed by atoms with Crippen molar-refractivity contribution < 1.29 is 14.0 Å². The van der Waals surface area contributed by atoms with E-state index in [1.54, 1.807) is 24.3 Å². The molecule has 3 aromatic carbocycles. The van der Waals surface area contributed by atoms with Gasteiger partial charge in [-0.1, -0.05) is 66.2 Å². The molecule has 176 valence electrons. The fourth-order valence-electron chi connectivity index (χ4n) is 5.07. The average molecular weight is 487 g/mol. The number of amides is 1. The average Bonchev–Trinajstić information content (AvgIpc) is 2.85. The van der Waals surface area contributed by atoms with Crippen LogP contribution in [-0.4, -0.2) is 11.7 Å². The van der Waals surface area contributed by atoms with Crippen LogP contribution >= 0.6 is 11.6 Å². The van der Waals surface area contributed by atoms with E-state index in [1.807, 2.05) is 49.4 Å². The highest BCUT2D eigenvalue weighted by Crippen LogP contribution is 2.46. The first-order valence-corrected chi connectivity index (χ1v) is 11.9. The highest BCUT2D eigenvalue weighted by molar-refractivity contribution is 6.30. The number of allylic oxidation sites excluding steroid dienone is 3. The molecular formula is C29H24ClFN2O2. The predicted molar refractivity (Wildman–Crippen MR) is 136 cm³/mol. The highest BCUT2D eigenvalue weighted by Gasteiger charge is 2.41. The topological polar surface area (TPSA) is 58.2 Å². The second-order valence-corrected chi connectivity index (χ2v) is 9.35.